The summed E-state index contributed by atoms with van der Waals surface area (Å²) in [7, 11) is 1.64. The topological polar surface area (TPSA) is 42.2 Å². The lowest BCUT2D eigenvalue weighted by molar-refractivity contribution is 0.303. The van der Waals surface area contributed by atoms with Crippen molar-refractivity contribution in [2.75, 3.05) is 13.7 Å². The van der Waals surface area contributed by atoms with Crippen LogP contribution in [-0.2, 0) is 0 Å². The first-order chi connectivity index (χ1) is 10.7. The van der Waals surface area contributed by atoms with Gasteiger partial charge >= 0.3 is 0 Å². The number of nitrogens with zero attached hydrogens (tertiary/aromatic N) is 1. The minimum atomic E-state index is -0.129. The van der Waals surface area contributed by atoms with Gasteiger partial charge in [-0.25, -0.2) is 0 Å². The third-order valence-corrected chi connectivity index (χ3v) is 3.64. The van der Waals surface area contributed by atoms with Crippen LogP contribution >= 0.6 is 0 Å². The van der Waals surface area contributed by atoms with Crippen LogP contribution in [0, 0.1) is 18.3 Å². The number of methoxy groups -OCH3 is 1. The van der Waals surface area contributed by atoms with Gasteiger partial charge in [0.25, 0.3) is 0 Å². The van der Waals surface area contributed by atoms with Crippen LogP contribution < -0.4 is 9.47 Å². The van der Waals surface area contributed by atoms with Gasteiger partial charge in [-0.05, 0) is 49.1 Å². The molecule has 0 aliphatic rings. The van der Waals surface area contributed by atoms with Crippen molar-refractivity contribution in [3.63, 3.8) is 0 Å². The molecular weight excluding hydrogens is 274 g/mol. The van der Waals surface area contributed by atoms with Crippen molar-refractivity contribution in [1.82, 2.24) is 0 Å². The summed E-state index contributed by atoms with van der Waals surface area (Å²) in [5.41, 5.74) is 2.13. The van der Waals surface area contributed by atoms with Gasteiger partial charge < -0.3 is 9.47 Å². The van der Waals surface area contributed by atoms with Gasteiger partial charge in [0, 0.05) is 0 Å². The molecule has 0 amide bonds. The fraction of sp³-hybridized carbons (Fsp3) is 0.316. The smallest absolute Gasteiger partial charge is 0.122 e. The van der Waals surface area contributed by atoms with Gasteiger partial charge in [-0.1, -0.05) is 30.3 Å². The largest absolute Gasteiger partial charge is 0.497 e. The number of hydrogen-bond acceptors (Lipinski definition) is 3. The molecule has 2 aromatic rings. The van der Waals surface area contributed by atoms with E-state index >= 15 is 0 Å². The highest BCUT2D eigenvalue weighted by atomic mass is 16.5. The predicted molar refractivity (Wildman–Crippen MR) is 87.3 cm³/mol. The zero-order chi connectivity index (χ0) is 15.8. The zero-order valence-corrected chi connectivity index (χ0v) is 13.1. The number of para-hydroxylation sites is 1. The van der Waals surface area contributed by atoms with E-state index < -0.39 is 0 Å². The third kappa shape index (κ3) is 4.26. The summed E-state index contributed by atoms with van der Waals surface area (Å²) >= 11 is 0. The Labute approximate surface area is 132 Å². The van der Waals surface area contributed by atoms with E-state index in [2.05, 4.69) is 6.07 Å². The van der Waals surface area contributed by atoms with Gasteiger partial charge in [-0.15, -0.1) is 0 Å². The monoisotopic (exact) mass is 295 g/mol. The molecule has 1 atom stereocenters. The van der Waals surface area contributed by atoms with Crippen LogP contribution in [0.5, 0.6) is 11.5 Å². The second-order valence-electron chi connectivity index (χ2n) is 5.21. The molecule has 1 unspecified atom stereocenters. The van der Waals surface area contributed by atoms with Gasteiger partial charge in [-0.3, -0.25) is 0 Å². The van der Waals surface area contributed by atoms with E-state index in [9.17, 15) is 5.26 Å². The van der Waals surface area contributed by atoms with E-state index in [1.54, 1.807) is 7.11 Å². The first-order valence-electron chi connectivity index (χ1n) is 7.46. The summed E-state index contributed by atoms with van der Waals surface area (Å²) in [5, 5.41) is 9.37. The molecule has 0 spiro atoms. The Hall–Kier alpha value is -2.47. The molecule has 0 heterocycles. The molecule has 0 saturated carbocycles. The SMILES string of the molecule is COc1cccc(C(C#N)CCCOc2ccccc2C)c1. The standard InChI is InChI=1S/C19H21NO2/c1-15-7-3-4-11-19(15)22-12-6-9-17(14-20)16-8-5-10-18(13-16)21-2/h3-5,7-8,10-11,13,17H,6,9,12H2,1-2H3. The van der Waals surface area contributed by atoms with Gasteiger partial charge in [0.05, 0.1) is 25.7 Å². The summed E-state index contributed by atoms with van der Waals surface area (Å²) in [6, 6.07) is 18.0. The minimum Gasteiger partial charge on any atom is -0.497 e. The maximum atomic E-state index is 9.37. The maximum absolute atomic E-state index is 9.37. The molecule has 0 bridgehead atoms. The Morgan fingerprint density at radius 1 is 1.14 bits per heavy atom. The van der Waals surface area contributed by atoms with Crippen molar-refractivity contribution >= 4 is 0 Å². The summed E-state index contributed by atoms with van der Waals surface area (Å²) < 4.78 is 11.0. The van der Waals surface area contributed by atoms with Gasteiger partial charge in [0.15, 0.2) is 0 Å². The molecule has 0 fully saturated rings. The lowest BCUT2D eigenvalue weighted by Crippen LogP contribution is -2.03. The normalized spacial score (nSPS) is 11.5. The molecule has 2 aromatic carbocycles. The molecule has 0 N–H and O–H groups in total. The molecule has 0 saturated heterocycles. The number of aryl methyl sites for hydroxylation is 1. The van der Waals surface area contributed by atoms with Gasteiger partial charge in [0.2, 0.25) is 0 Å². The van der Waals surface area contributed by atoms with Crippen LogP contribution in [0.15, 0.2) is 48.5 Å². The van der Waals surface area contributed by atoms with Crippen LogP contribution in [0.25, 0.3) is 0 Å². The molecule has 0 aromatic heterocycles. The molecule has 114 valence electrons. The highest BCUT2D eigenvalue weighted by molar-refractivity contribution is 5.33. The van der Waals surface area contributed by atoms with Crippen molar-refractivity contribution in [3.8, 4) is 17.6 Å². The predicted octanol–water partition coefficient (Wildman–Crippen LogP) is 4.47. The molecule has 0 aliphatic carbocycles. The van der Waals surface area contributed by atoms with Crippen molar-refractivity contribution in [3.05, 3.63) is 59.7 Å². The molecule has 0 radical (unpaired) electrons. The van der Waals surface area contributed by atoms with E-state index in [0.717, 1.165) is 35.5 Å². The van der Waals surface area contributed by atoms with E-state index in [-0.39, 0.29) is 5.92 Å². The van der Waals surface area contributed by atoms with Crippen LogP contribution in [0.3, 0.4) is 0 Å². The Balaban J connectivity index is 1.86. The fourth-order valence-corrected chi connectivity index (χ4v) is 2.35. The van der Waals surface area contributed by atoms with E-state index in [1.807, 2.05) is 55.5 Å². The number of rotatable bonds is 7. The Morgan fingerprint density at radius 2 is 1.95 bits per heavy atom. The lowest BCUT2D eigenvalue weighted by atomic mass is 9.96. The van der Waals surface area contributed by atoms with Crippen LogP contribution in [0.4, 0.5) is 0 Å². The quantitative estimate of drug-likeness (QED) is 0.708. The van der Waals surface area contributed by atoms with Crippen molar-refractivity contribution in [2.45, 2.75) is 25.7 Å². The van der Waals surface area contributed by atoms with E-state index in [1.165, 1.54) is 0 Å². The molecule has 3 nitrogen and oxygen atoms in total. The highest BCUT2D eigenvalue weighted by Gasteiger charge is 2.11. The number of nitriles is 1. The van der Waals surface area contributed by atoms with Crippen LogP contribution in [-0.4, -0.2) is 13.7 Å². The number of ether oxygens (including phenoxy) is 2. The molecule has 2 rings (SSSR count). The average molecular weight is 295 g/mol. The van der Waals surface area contributed by atoms with Crippen LogP contribution in [0.1, 0.15) is 29.9 Å². The van der Waals surface area contributed by atoms with Crippen LogP contribution in [0.2, 0.25) is 0 Å². The third-order valence-electron chi connectivity index (χ3n) is 3.64. The van der Waals surface area contributed by atoms with Crippen molar-refractivity contribution in [1.29, 1.82) is 5.26 Å². The zero-order valence-electron chi connectivity index (χ0n) is 13.1. The first-order valence-corrected chi connectivity index (χ1v) is 7.46. The lowest BCUT2D eigenvalue weighted by Gasteiger charge is -2.12. The van der Waals surface area contributed by atoms with E-state index in [0.29, 0.717) is 6.61 Å². The Kier molecular flexibility index (Phi) is 5.85. The first kappa shape index (κ1) is 15.9. The summed E-state index contributed by atoms with van der Waals surface area (Å²) in [6.07, 6.45) is 1.61. The Bertz CT molecular complexity index is 646. The molecule has 3 heteroatoms. The fourth-order valence-electron chi connectivity index (χ4n) is 2.35. The molecule has 22 heavy (non-hydrogen) atoms. The average Bonchev–Trinajstić information content (AvgIpc) is 2.56. The molecule has 0 aliphatic heterocycles. The minimum absolute atomic E-state index is 0.129. The number of benzene rings is 2. The summed E-state index contributed by atoms with van der Waals surface area (Å²) in [6.45, 7) is 2.65. The van der Waals surface area contributed by atoms with E-state index in [4.69, 9.17) is 9.47 Å². The highest BCUT2D eigenvalue weighted by Crippen LogP contribution is 2.24. The maximum Gasteiger partial charge on any atom is 0.122 e. The van der Waals surface area contributed by atoms with Gasteiger partial charge in [-0.2, -0.15) is 5.26 Å². The summed E-state index contributed by atoms with van der Waals surface area (Å²) in [5.74, 6) is 1.57. The number of hydrogen-bond donors (Lipinski definition) is 0. The summed E-state index contributed by atoms with van der Waals surface area (Å²) in [4.78, 5) is 0. The van der Waals surface area contributed by atoms with Crippen molar-refractivity contribution in [2.24, 2.45) is 0 Å². The second kappa shape index (κ2) is 8.09. The van der Waals surface area contributed by atoms with Crippen molar-refractivity contribution < 1.29 is 9.47 Å². The molecular formula is C19H21NO2. The van der Waals surface area contributed by atoms with Gasteiger partial charge in [0.1, 0.15) is 11.5 Å². The Morgan fingerprint density at radius 3 is 2.68 bits per heavy atom. The second-order valence-corrected chi connectivity index (χ2v) is 5.21.